The smallest absolute Gasteiger partial charge is 0.246 e. The maximum atomic E-state index is 13.2. The quantitative estimate of drug-likeness (QED) is 0.863. The molecule has 1 saturated heterocycles. The lowest BCUT2D eigenvalue weighted by atomic mass is 9.92. The van der Waals surface area contributed by atoms with Crippen LogP contribution in [-0.2, 0) is 9.53 Å². The van der Waals surface area contributed by atoms with Gasteiger partial charge in [-0.2, -0.15) is 0 Å². The number of hydrogen-bond donors (Lipinski definition) is 0. The summed E-state index contributed by atoms with van der Waals surface area (Å²) in [6.45, 7) is 3.32. The van der Waals surface area contributed by atoms with Crippen molar-refractivity contribution in [2.24, 2.45) is 5.92 Å². The molecule has 0 bridgehead atoms. The summed E-state index contributed by atoms with van der Waals surface area (Å²) in [5.41, 5.74) is 1.11. The average Bonchev–Trinajstić information content (AvgIpc) is 3.35. The first-order chi connectivity index (χ1) is 11.7. The highest BCUT2D eigenvalue weighted by Crippen LogP contribution is 2.44. The molecule has 2 aliphatic rings. The van der Waals surface area contributed by atoms with Crippen molar-refractivity contribution in [1.29, 1.82) is 0 Å². The molecule has 2 atom stereocenters. The van der Waals surface area contributed by atoms with Crippen LogP contribution in [0.25, 0.3) is 0 Å². The molecule has 0 spiro atoms. The Balaban J connectivity index is 1.52. The zero-order valence-electron chi connectivity index (χ0n) is 13.7. The molecule has 6 heteroatoms. The second kappa shape index (κ2) is 6.36. The third kappa shape index (κ3) is 3.06. The van der Waals surface area contributed by atoms with E-state index < -0.39 is 0 Å². The highest BCUT2D eigenvalue weighted by molar-refractivity contribution is 5.84. The summed E-state index contributed by atoms with van der Waals surface area (Å²) in [5, 5.41) is 7.89. The molecule has 2 unspecified atom stereocenters. The van der Waals surface area contributed by atoms with E-state index in [1.807, 2.05) is 23.1 Å². The van der Waals surface area contributed by atoms with E-state index in [2.05, 4.69) is 22.3 Å². The van der Waals surface area contributed by atoms with Gasteiger partial charge in [-0.1, -0.05) is 30.3 Å². The molecule has 2 fully saturated rings. The molecule has 4 rings (SSSR count). The fourth-order valence-corrected chi connectivity index (χ4v) is 3.34. The SMILES string of the molecule is Cc1nnc(C2CN(C(=O)C(c3ccccc3)C3CC3)CCO2)o1. The number of nitrogens with zero attached hydrogens (tertiary/aromatic N) is 3. The Kier molecular flexibility index (Phi) is 4.06. The van der Waals surface area contributed by atoms with Crippen LogP contribution in [0.5, 0.6) is 0 Å². The predicted molar refractivity (Wildman–Crippen MR) is 86.2 cm³/mol. The van der Waals surface area contributed by atoms with E-state index >= 15 is 0 Å². The van der Waals surface area contributed by atoms with Crippen LogP contribution in [-0.4, -0.2) is 40.7 Å². The second-order valence-corrected chi connectivity index (χ2v) is 6.53. The standard InChI is InChI=1S/C18H21N3O3/c1-12-19-20-17(24-12)15-11-21(9-10-23-15)18(22)16(14-7-8-14)13-5-3-2-4-6-13/h2-6,14-16H,7-11H2,1H3. The van der Waals surface area contributed by atoms with Crippen molar-refractivity contribution >= 4 is 5.91 Å². The van der Waals surface area contributed by atoms with Gasteiger partial charge >= 0.3 is 0 Å². The van der Waals surface area contributed by atoms with E-state index in [9.17, 15) is 4.79 Å². The monoisotopic (exact) mass is 327 g/mol. The number of carbonyl (C=O) groups is 1. The number of morpholine rings is 1. The summed E-state index contributed by atoms with van der Waals surface area (Å²) in [5.74, 6) is 1.57. The lowest BCUT2D eigenvalue weighted by Gasteiger charge is -2.34. The number of hydrogen-bond acceptors (Lipinski definition) is 5. The van der Waals surface area contributed by atoms with Gasteiger partial charge in [-0.3, -0.25) is 4.79 Å². The fourth-order valence-electron chi connectivity index (χ4n) is 3.34. The zero-order valence-corrected chi connectivity index (χ0v) is 13.7. The number of amides is 1. The van der Waals surface area contributed by atoms with Crippen LogP contribution in [0.2, 0.25) is 0 Å². The number of rotatable bonds is 4. The van der Waals surface area contributed by atoms with Crippen LogP contribution in [0.1, 0.15) is 42.2 Å². The Morgan fingerprint density at radius 1 is 1.25 bits per heavy atom. The molecule has 1 aliphatic heterocycles. The van der Waals surface area contributed by atoms with Gasteiger partial charge in [0.1, 0.15) is 0 Å². The van der Waals surface area contributed by atoms with Gasteiger partial charge in [-0.05, 0) is 24.3 Å². The lowest BCUT2D eigenvalue weighted by molar-refractivity contribution is -0.142. The number of ether oxygens (including phenoxy) is 1. The van der Waals surface area contributed by atoms with Crippen LogP contribution in [0, 0.1) is 12.8 Å². The molecule has 1 saturated carbocycles. The molecule has 126 valence electrons. The molecule has 2 heterocycles. The molecule has 0 N–H and O–H groups in total. The Hall–Kier alpha value is -2.21. The summed E-state index contributed by atoms with van der Waals surface area (Å²) in [7, 11) is 0. The Morgan fingerprint density at radius 3 is 2.71 bits per heavy atom. The minimum Gasteiger partial charge on any atom is -0.423 e. The summed E-state index contributed by atoms with van der Waals surface area (Å²) in [4.78, 5) is 15.1. The maximum absolute atomic E-state index is 13.2. The zero-order chi connectivity index (χ0) is 16.5. The summed E-state index contributed by atoms with van der Waals surface area (Å²) in [6.07, 6.45) is 1.92. The van der Waals surface area contributed by atoms with Gasteiger partial charge in [0, 0.05) is 13.5 Å². The first-order valence-corrected chi connectivity index (χ1v) is 8.47. The molecule has 1 aromatic carbocycles. The Morgan fingerprint density at radius 2 is 2.04 bits per heavy atom. The summed E-state index contributed by atoms with van der Waals surface area (Å²) >= 11 is 0. The van der Waals surface area contributed by atoms with E-state index in [1.165, 1.54) is 0 Å². The van der Waals surface area contributed by atoms with Gasteiger partial charge in [0.2, 0.25) is 17.7 Å². The molecule has 1 amide bonds. The Bertz CT molecular complexity index is 711. The van der Waals surface area contributed by atoms with Crippen LogP contribution < -0.4 is 0 Å². The van der Waals surface area contributed by atoms with Gasteiger partial charge in [0.05, 0.1) is 19.1 Å². The van der Waals surface area contributed by atoms with Crippen molar-refractivity contribution in [1.82, 2.24) is 15.1 Å². The minimum absolute atomic E-state index is 0.0469. The topological polar surface area (TPSA) is 68.5 Å². The van der Waals surface area contributed by atoms with Crippen molar-refractivity contribution in [3.8, 4) is 0 Å². The molecule has 6 nitrogen and oxygen atoms in total. The van der Waals surface area contributed by atoms with Gasteiger partial charge < -0.3 is 14.1 Å². The van der Waals surface area contributed by atoms with Crippen molar-refractivity contribution < 1.29 is 13.9 Å². The molecular formula is C18H21N3O3. The molecule has 1 aromatic heterocycles. The van der Waals surface area contributed by atoms with Crippen LogP contribution in [0.3, 0.4) is 0 Å². The molecule has 24 heavy (non-hydrogen) atoms. The summed E-state index contributed by atoms with van der Waals surface area (Å²) < 4.78 is 11.2. The van der Waals surface area contributed by atoms with Gasteiger partial charge in [-0.25, -0.2) is 0 Å². The molecule has 0 radical (unpaired) electrons. The predicted octanol–water partition coefficient (Wildman–Crippen LogP) is 2.47. The number of benzene rings is 1. The Labute approximate surface area is 140 Å². The number of aromatic nitrogens is 2. The summed E-state index contributed by atoms with van der Waals surface area (Å²) in [6, 6.07) is 10.1. The van der Waals surface area contributed by atoms with Crippen molar-refractivity contribution in [2.45, 2.75) is 31.8 Å². The van der Waals surface area contributed by atoms with Gasteiger partial charge in [-0.15, -0.1) is 10.2 Å². The van der Waals surface area contributed by atoms with E-state index in [0.29, 0.717) is 37.4 Å². The molecule has 1 aliphatic carbocycles. The fraction of sp³-hybridized carbons (Fsp3) is 0.500. The number of carbonyl (C=O) groups excluding carboxylic acids is 1. The largest absolute Gasteiger partial charge is 0.423 e. The van der Waals surface area contributed by atoms with Crippen molar-refractivity contribution in [2.75, 3.05) is 19.7 Å². The number of aryl methyl sites for hydroxylation is 1. The average molecular weight is 327 g/mol. The van der Waals surface area contributed by atoms with Crippen molar-refractivity contribution in [3.63, 3.8) is 0 Å². The van der Waals surface area contributed by atoms with Crippen LogP contribution >= 0.6 is 0 Å². The minimum atomic E-state index is -0.334. The molecular weight excluding hydrogens is 306 g/mol. The highest BCUT2D eigenvalue weighted by Gasteiger charge is 2.41. The first-order valence-electron chi connectivity index (χ1n) is 8.47. The van der Waals surface area contributed by atoms with E-state index in [0.717, 1.165) is 18.4 Å². The van der Waals surface area contributed by atoms with Gasteiger partial charge in [0.15, 0.2) is 6.10 Å². The third-order valence-electron chi connectivity index (χ3n) is 4.71. The first kappa shape index (κ1) is 15.3. The van der Waals surface area contributed by atoms with Crippen molar-refractivity contribution in [3.05, 3.63) is 47.7 Å². The lowest BCUT2D eigenvalue weighted by Crippen LogP contribution is -2.44. The van der Waals surface area contributed by atoms with E-state index in [-0.39, 0.29) is 17.9 Å². The maximum Gasteiger partial charge on any atom is 0.246 e. The second-order valence-electron chi connectivity index (χ2n) is 6.53. The van der Waals surface area contributed by atoms with Crippen LogP contribution in [0.4, 0.5) is 0 Å². The van der Waals surface area contributed by atoms with E-state index in [1.54, 1.807) is 6.92 Å². The van der Waals surface area contributed by atoms with Gasteiger partial charge in [0.25, 0.3) is 0 Å². The highest BCUT2D eigenvalue weighted by atomic mass is 16.5. The van der Waals surface area contributed by atoms with Crippen LogP contribution in [0.15, 0.2) is 34.7 Å². The third-order valence-corrected chi connectivity index (χ3v) is 4.71. The normalized spacial score (nSPS) is 22.4. The van der Waals surface area contributed by atoms with E-state index in [4.69, 9.17) is 9.15 Å². The molecule has 2 aromatic rings.